The molecule has 1 aliphatic rings. The highest BCUT2D eigenvalue weighted by atomic mass is 79.9. The van der Waals surface area contributed by atoms with Crippen LogP contribution in [0.1, 0.15) is 11.4 Å². The van der Waals surface area contributed by atoms with Crippen molar-refractivity contribution < 1.29 is 9.53 Å². The van der Waals surface area contributed by atoms with E-state index in [1.807, 2.05) is 14.0 Å². The van der Waals surface area contributed by atoms with Crippen molar-refractivity contribution in [3.63, 3.8) is 0 Å². The molecule has 6 heteroatoms. The molecule has 2 atom stereocenters. The highest BCUT2D eigenvalue weighted by Gasteiger charge is 2.32. The Hall–Kier alpha value is -0.720. The zero-order chi connectivity index (χ0) is 12.6. The molecule has 2 unspecified atom stereocenters. The van der Waals surface area contributed by atoms with Gasteiger partial charge in [-0.05, 0) is 22.9 Å². The molecule has 1 saturated heterocycles. The van der Waals surface area contributed by atoms with Gasteiger partial charge in [0.2, 0.25) is 0 Å². The molecule has 1 fully saturated rings. The molecule has 0 aliphatic carbocycles. The van der Waals surface area contributed by atoms with Crippen molar-refractivity contribution >= 4 is 21.7 Å². The third-order valence-electron chi connectivity index (χ3n) is 3.14. The fourth-order valence-corrected chi connectivity index (χ4v) is 2.55. The number of carbonyl (C=O) groups excluding carboxylic acids is 1. The summed E-state index contributed by atoms with van der Waals surface area (Å²) in [6.45, 7) is 2.82. The molecule has 0 spiro atoms. The molecular formula is C11H16BrN3O2. The van der Waals surface area contributed by atoms with E-state index in [4.69, 9.17) is 10.5 Å². The van der Waals surface area contributed by atoms with Crippen LogP contribution in [0.3, 0.4) is 0 Å². The Morgan fingerprint density at radius 3 is 2.82 bits per heavy atom. The predicted octanol–water partition coefficient (Wildman–Crippen LogP) is 0.576. The number of Topliss-reactive ketones (excluding diaryl/α,β-unsaturated/α-hetero) is 1. The van der Waals surface area contributed by atoms with Crippen LogP contribution in [0.4, 0.5) is 0 Å². The Morgan fingerprint density at radius 1 is 1.65 bits per heavy atom. The van der Waals surface area contributed by atoms with E-state index in [2.05, 4.69) is 21.0 Å². The highest BCUT2D eigenvalue weighted by molar-refractivity contribution is 9.10. The number of aromatic nitrogens is 2. The maximum absolute atomic E-state index is 12.1. The predicted molar refractivity (Wildman–Crippen MR) is 66.6 cm³/mol. The topological polar surface area (TPSA) is 70.1 Å². The van der Waals surface area contributed by atoms with Gasteiger partial charge in [0.05, 0.1) is 35.0 Å². The Labute approximate surface area is 108 Å². The van der Waals surface area contributed by atoms with Crippen LogP contribution < -0.4 is 5.73 Å². The molecule has 17 heavy (non-hydrogen) atoms. The highest BCUT2D eigenvalue weighted by Crippen LogP contribution is 2.23. The lowest BCUT2D eigenvalue weighted by molar-refractivity contribution is -0.122. The summed E-state index contributed by atoms with van der Waals surface area (Å²) in [5, 5.41) is 4.26. The van der Waals surface area contributed by atoms with Crippen molar-refractivity contribution in [2.24, 2.45) is 18.7 Å². The smallest absolute Gasteiger partial charge is 0.145 e. The second kappa shape index (κ2) is 4.88. The Bertz CT molecular complexity index is 444. The minimum absolute atomic E-state index is 0.124. The molecule has 1 aliphatic heterocycles. The Kier molecular flexibility index (Phi) is 3.65. The summed E-state index contributed by atoms with van der Waals surface area (Å²) in [6.07, 6.45) is 0.347. The summed E-state index contributed by atoms with van der Waals surface area (Å²) in [7, 11) is 1.84. The monoisotopic (exact) mass is 301 g/mol. The number of hydrogen-bond donors (Lipinski definition) is 1. The number of hydrogen-bond acceptors (Lipinski definition) is 4. The van der Waals surface area contributed by atoms with E-state index in [1.165, 1.54) is 0 Å². The van der Waals surface area contributed by atoms with Crippen LogP contribution in [0.15, 0.2) is 4.47 Å². The molecule has 0 bridgehead atoms. The number of halogens is 1. The Morgan fingerprint density at radius 2 is 2.35 bits per heavy atom. The van der Waals surface area contributed by atoms with Gasteiger partial charge in [0.1, 0.15) is 5.78 Å². The molecule has 2 rings (SSSR count). The number of ketones is 1. The van der Waals surface area contributed by atoms with E-state index in [9.17, 15) is 4.79 Å². The largest absolute Gasteiger partial charge is 0.379 e. The van der Waals surface area contributed by atoms with E-state index in [0.29, 0.717) is 19.6 Å². The van der Waals surface area contributed by atoms with Crippen LogP contribution in [0.2, 0.25) is 0 Å². The number of ether oxygens (including phenoxy) is 1. The summed E-state index contributed by atoms with van der Waals surface area (Å²) in [6, 6.07) is -0.171. The van der Waals surface area contributed by atoms with Crippen molar-refractivity contribution in [1.29, 1.82) is 0 Å². The first kappa shape index (κ1) is 12.7. The maximum atomic E-state index is 12.1. The number of nitrogens with zero attached hydrogens (tertiary/aromatic N) is 2. The van der Waals surface area contributed by atoms with Crippen LogP contribution >= 0.6 is 15.9 Å². The summed E-state index contributed by atoms with van der Waals surface area (Å²) in [4.78, 5) is 12.1. The average Bonchev–Trinajstić information content (AvgIpc) is 2.78. The number of aryl methyl sites for hydroxylation is 2. The first-order chi connectivity index (χ1) is 8.00. The van der Waals surface area contributed by atoms with E-state index in [-0.39, 0.29) is 17.7 Å². The van der Waals surface area contributed by atoms with E-state index in [1.54, 1.807) is 4.68 Å². The lowest BCUT2D eigenvalue weighted by atomic mass is 9.96. The van der Waals surface area contributed by atoms with Gasteiger partial charge in [-0.2, -0.15) is 5.10 Å². The van der Waals surface area contributed by atoms with Gasteiger partial charge in [0.15, 0.2) is 0 Å². The first-order valence-corrected chi connectivity index (χ1v) is 6.34. The third-order valence-corrected chi connectivity index (χ3v) is 4.17. The second-order valence-electron chi connectivity index (χ2n) is 4.42. The minimum atomic E-state index is -0.183. The van der Waals surface area contributed by atoms with Gasteiger partial charge < -0.3 is 10.5 Å². The first-order valence-electron chi connectivity index (χ1n) is 5.54. The molecule has 94 valence electrons. The van der Waals surface area contributed by atoms with Crippen molar-refractivity contribution in [1.82, 2.24) is 9.78 Å². The summed E-state index contributed by atoms with van der Waals surface area (Å²) in [5.41, 5.74) is 7.62. The number of nitrogens with two attached hydrogens (primary N) is 1. The normalized spacial score (nSPS) is 24.2. The molecule has 1 aromatic rings. The molecule has 0 saturated carbocycles. The molecular weight excluding hydrogens is 286 g/mol. The minimum Gasteiger partial charge on any atom is -0.379 e. The van der Waals surface area contributed by atoms with Crippen LogP contribution in [-0.2, 0) is 23.0 Å². The van der Waals surface area contributed by atoms with Gasteiger partial charge in [-0.1, -0.05) is 0 Å². The molecule has 0 aromatic carbocycles. The van der Waals surface area contributed by atoms with Gasteiger partial charge in [0.25, 0.3) is 0 Å². The second-order valence-corrected chi connectivity index (χ2v) is 5.21. The zero-order valence-corrected chi connectivity index (χ0v) is 11.5. The van der Waals surface area contributed by atoms with Gasteiger partial charge >= 0.3 is 0 Å². The Balaban J connectivity index is 2.13. The van der Waals surface area contributed by atoms with Crippen LogP contribution in [0, 0.1) is 12.8 Å². The summed E-state index contributed by atoms with van der Waals surface area (Å²) >= 11 is 3.46. The van der Waals surface area contributed by atoms with Gasteiger partial charge in [-0.3, -0.25) is 9.48 Å². The van der Waals surface area contributed by atoms with Crippen molar-refractivity contribution in [2.75, 3.05) is 13.2 Å². The number of rotatable bonds is 3. The SMILES string of the molecule is Cc1nn(C)c(CC(=O)C2COCC2N)c1Br. The quantitative estimate of drug-likeness (QED) is 0.886. The molecule has 1 aromatic heterocycles. The number of carbonyl (C=O) groups is 1. The fourth-order valence-electron chi connectivity index (χ4n) is 2.07. The van der Waals surface area contributed by atoms with Crippen molar-refractivity contribution in [3.8, 4) is 0 Å². The lowest BCUT2D eigenvalue weighted by Crippen LogP contribution is -2.35. The average molecular weight is 302 g/mol. The lowest BCUT2D eigenvalue weighted by Gasteiger charge is -2.12. The van der Waals surface area contributed by atoms with E-state index >= 15 is 0 Å². The molecule has 2 heterocycles. The van der Waals surface area contributed by atoms with Gasteiger partial charge in [-0.25, -0.2) is 0 Å². The van der Waals surface area contributed by atoms with Crippen LogP contribution in [0.5, 0.6) is 0 Å². The zero-order valence-electron chi connectivity index (χ0n) is 9.94. The third kappa shape index (κ3) is 2.43. The van der Waals surface area contributed by atoms with Crippen molar-refractivity contribution in [3.05, 3.63) is 15.9 Å². The molecule has 5 nitrogen and oxygen atoms in total. The van der Waals surface area contributed by atoms with Crippen LogP contribution in [0.25, 0.3) is 0 Å². The van der Waals surface area contributed by atoms with Gasteiger partial charge in [-0.15, -0.1) is 0 Å². The van der Waals surface area contributed by atoms with E-state index < -0.39 is 0 Å². The standard InChI is InChI=1S/C11H16BrN3O2/c1-6-11(12)9(15(2)14-6)3-10(16)7-4-17-5-8(7)13/h7-8H,3-5,13H2,1-2H3. The summed E-state index contributed by atoms with van der Waals surface area (Å²) in [5.74, 6) is -0.0594. The van der Waals surface area contributed by atoms with Gasteiger partial charge in [0, 0.05) is 19.5 Å². The summed E-state index contributed by atoms with van der Waals surface area (Å²) < 4.78 is 7.85. The van der Waals surface area contributed by atoms with E-state index in [0.717, 1.165) is 15.9 Å². The van der Waals surface area contributed by atoms with Crippen molar-refractivity contribution in [2.45, 2.75) is 19.4 Å². The van der Waals surface area contributed by atoms with Crippen LogP contribution in [-0.4, -0.2) is 34.8 Å². The molecule has 2 N–H and O–H groups in total. The molecule has 0 radical (unpaired) electrons. The molecule has 0 amide bonds. The fraction of sp³-hybridized carbons (Fsp3) is 0.636. The maximum Gasteiger partial charge on any atom is 0.145 e.